The zero-order valence-electron chi connectivity index (χ0n) is 45.5. The van der Waals surface area contributed by atoms with E-state index in [4.69, 9.17) is 0 Å². The maximum Gasteiger partial charge on any atom is 0.271 e. The Kier molecular flexibility index (Phi) is 21.5. The normalized spacial score (nSPS) is 26.9. The second-order valence-electron chi connectivity index (χ2n) is 21.5. The number of benzene rings is 2. The highest BCUT2D eigenvalue weighted by molar-refractivity contribution is 6.06. The van der Waals surface area contributed by atoms with Crippen molar-refractivity contribution in [3.8, 4) is 0 Å². The van der Waals surface area contributed by atoms with E-state index in [2.05, 4.69) is 42.5 Å². The maximum atomic E-state index is 14.6. The highest BCUT2D eigenvalue weighted by atomic mass is 16.2. The first-order valence-electron chi connectivity index (χ1n) is 26.5. The summed E-state index contributed by atoms with van der Waals surface area (Å²) >= 11 is 0. The summed E-state index contributed by atoms with van der Waals surface area (Å²) in [5.74, 6) is -8.21. The zero-order chi connectivity index (χ0) is 56.0. The van der Waals surface area contributed by atoms with Crippen molar-refractivity contribution in [2.75, 3.05) is 13.1 Å². The van der Waals surface area contributed by atoms with E-state index in [9.17, 15) is 47.9 Å². The van der Waals surface area contributed by atoms with Crippen LogP contribution >= 0.6 is 0 Å². The molecule has 3 fully saturated rings. The van der Waals surface area contributed by atoms with Gasteiger partial charge < -0.3 is 52.3 Å². The molecule has 2 aromatic rings. The minimum atomic E-state index is -1.22. The first-order chi connectivity index (χ1) is 35.9. The van der Waals surface area contributed by atoms with Gasteiger partial charge in [-0.2, -0.15) is 0 Å². The number of hydrogen-bond donors (Lipinski definition) is 8. The van der Waals surface area contributed by atoms with Crippen molar-refractivity contribution < 1.29 is 47.9 Å². The van der Waals surface area contributed by atoms with Gasteiger partial charge in [-0.1, -0.05) is 116 Å². The molecule has 8 atom stereocenters. The molecule has 3 aliphatic heterocycles. The van der Waals surface area contributed by atoms with Gasteiger partial charge in [0.15, 0.2) is 0 Å². The molecule has 3 saturated heterocycles. The van der Waals surface area contributed by atoms with Gasteiger partial charge in [-0.3, -0.25) is 47.9 Å². The molecule has 20 nitrogen and oxygen atoms in total. The van der Waals surface area contributed by atoms with Crippen molar-refractivity contribution in [1.29, 1.82) is 0 Å². The zero-order valence-corrected chi connectivity index (χ0v) is 45.5. The van der Waals surface area contributed by atoms with Crippen LogP contribution in [-0.4, -0.2) is 130 Å². The molecule has 8 N–H and O–H groups in total. The Balaban J connectivity index is 1.54. The molecule has 0 bridgehead atoms. The third-order valence-electron chi connectivity index (χ3n) is 13.5. The number of amides is 10. The van der Waals surface area contributed by atoms with E-state index in [1.807, 2.05) is 27.7 Å². The highest BCUT2D eigenvalue weighted by Crippen LogP contribution is 2.24. The Labute approximate surface area is 446 Å². The number of fused-ring (bicyclic) bond motifs is 2. The first-order valence-corrected chi connectivity index (χ1v) is 26.5. The lowest BCUT2D eigenvalue weighted by Gasteiger charge is -2.30. The van der Waals surface area contributed by atoms with Gasteiger partial charge in [0.1, 0.15) is 59.7 Å². The third kappa shape index (κ3) is 16.3. The minimum Gasteiger partial charge on any atom is -0.343 e. The van der Waals surface area contributed by atoms with Gasteiger partial charge in [0.2, 0.25) is 47.3 Å². The summed E-state index contributed by atoms with van der Waals surface area (Å²) in [4.78, 5) is 145. The number of nitrogens with one attached hydrogen (secondary N) is 8. The molecule has 20 heteroatoms. The van der Waals surface area contributed by atoms with E-state index in [0.29, 0.717) is 24.0 Å². The standard InChI is InChI=1S/C56H78N10O10/c1-31(2)27-39-49(69)61-41(29-37-19-13-11-14-20-37)55(75)65-25-17-23-43(65)51(71)64-46(34(7)8)54(74)58-36(10)48(68)60-40(28-32(3)4)50(70)62-42(30-38-21-15-12-16-22-38)56(76)66-26-18-24-44(66)52(72)63-45(33(5)6)53(73)57-35(9)47(67)59-39/h11-16,19-22,29-36,39-40,43-46H,17-18,23-28H2,1-10H3,(H,57,73)(H,58,74)(H,59,67)(H,60,68)(H,61,69)(H,62,70)(H,63,72)(H,64,71)/b41-29+,42-30+/t35-,36-,39-,40-,43-,44-,45-,46-/m0/s1. The van der Waals surface area contributed by atoms with Crippen LogP contribution in [-0.2, 0) is 47.9 Å². The molecule has 0 unspecified atom stereocenters. The van der Waals surface area contributed by atoms with Gasteiger partial charge in [-0.15, -0.1) is 0 Å². The van der Waals surface area contributed by atoms with E-state index in [1.54, 1.807) is 88.4 Å². The molecule has 3 aliphatic rings. The molecular formula is C56H78N10O10. The predicted octanol–water partition coefficient (Wildman–Crippen LogP) is 2.65. The monoisotopic (exact) mass is 1050 g/mol. The molecule has 0 radical (unpaired) electrons. The van der Waals surface area contributed by atoms with Crippen LogP contribution in [0.15, 0.2) is 72.1 Å². The molecule has 0 spiro atoms. The van der Waals surface area contributed by atoms with Crippen LogP contribution in [0.3, 0.4) is 0 Å². The van der Waals surface area contributed by atoms with Crippen molar-refractivity contribution in [2.24, 2.45) is 23.7 Å². The van der Waals surface area contributed by atoms with Crippen molar-refractivity contribution in [3.63, 3.8) is 0 Å². The van der Waals surface area contributed by atoms with Crippen molar-refractivity contribution >= 4 is 71.2 Å². The van der Waals surface area contributed by atoms with Crippen molar-refractivity contribution in [3.05, 3.63) is 83.2 Å². The number of rotatable bonds is 8. The van der Waals surface area contributed by atoms with E-state index in [-0.39, 0.29) is 62.0 Å². The van der Waals surface area contributed by atoms with Crippen molar-refractivity contribution in [2.45, 2.75) is 156 Å². The third-order valence-corrected chi connectivity index (χ3v) is 13.5. The fourth-order valence-corrected chi connectivity index (χ4v) is 9.35. The summed E-state index contributed by atoms with van der Waals surface area (Å²) in [5, 5.41) is 21.9. The number of nitrogens with zero attached hydrogens (tertiary/aromatic N) is 2. The Morgan fingerprint density at radius 3 is 1.11 bits per heavy atom. The number of carbonyl (C=O) groups is 10. The average Bonchev–Trinajstić information content (AvgIpc) is 4.07. The predicted molar refractivity (Wildman–Crippen MR) is 286 cm³/mol. The lowest BCUT2D eigenvalue weighted by atomic mass is 10.0. The van der Waals surface area contributed by atoms with Crippen LogP contribution in [0.5, 0.6) is 0 Å². The fourth-order valence-electron chi connectivity index (χ4n) is 9.35. The SMILES string of the molecule is CC(C)C[C@@H]1NC(=O)[C@H](C)NC(=O)[C@H](C(C)C)NC(=O)[C@@H]2CCCN2C(=O)/C(=C\c2ccccc2)NC(=O)[C@H](CC(C)C)NC(=O)[C@H](C)NC(=O)[C@H](C(C)C)NC(=O)[C@@H]2CCCN2C(=O)/C(=C\c2ccccc2)NC1=O. The topological polar surface area (TPSA) is 273 Å². The highest BCUT2D eigenvalue weighted by Gasteiger charge is 2.41. The lowest BCUT2D eigenvalue weighted by molar-refractivity contribution is -0.139. The molecule has 0 saturated carbocycles. The summed E-state index contributed by atoms with van der Waals surface area (Å²) in [6, 6.07) is 8.14. The van der Waals surface area contributed by atoms with E-state index >= 15 is 0 Å². The van der Waals surface area contributed by atoms with Gasteiger partial charge in [0.05, 0.1) is 0 Å². The molecule has 76 heavy (non-hydrogen) atoms. The average molecular weight is 1050 g/mol. The fraction of sp³-hybridized carbons (Fsp3) is 0.536. The second kappa shape index (κ2) is 27.4. The van der Waals surface area contributed by atoms with E-state index in [1.165, 1.54) is 35.8 Å². The van der Waals surface area contributed by atoms with E-state index in [0.717, 1.165) is 0 Å². The summed E-state index contributed by atoms with van der Waals surface area (Å²) in [7, 11) is 0. The summed E-state index contributed by atoms with van der Waals surface area (Å²) in [6.45, 7) is 17.4. The number of carbonyl (C=O) groups excluding carboxylic acids is 10. The summed E-state index contributed by atoms with van der Waals surface area (Å²) < 4.78 is 0. The van der Waals surface area contributed by atoms with Crippen LogP contribution < -0.4 is 42.5 Å². The van der Waals surface area contributed by atoms with Crippen molar-refractivity contribution in [1.82, 2.24) is 52.3 Å². The maximum absolute atomic E-state index is 14.6. The van der Waals surface area contributed by atoms with Crippen LogP contribution in [0.1, 0.15) is 119 Å². The quantitative estimate of drug-likeness (QED) is 0.179. The molecule has 0 aliphatic carbocycles. The number of hydrogen-bond acceptors (Lipinski definition) is 10. The van der Waals surface area contributed by atoms with Crippen LogP contribution in [0.25, 0.3) is 12.2 Å². The molecule has 10 amide bonds. The molecule has 5 rings (SSSR count). The summed E-state index contributed by atoms with van der Waals surface area (Å²) in [6.07, 6.45) is 4.52. The second-order valence-corrected chi connectivity index (χ2v) is 21.5. The Morgan fingerprint density at radius 2 is 0.789 bits per heavy atom. The Morgan fingerprint density at radius 1 is 0.447 bits per heavy atom. The largest absolute Gasteiger partial charge is 0.343 e. The minimum absolute atomic E-state index is 0.129. The van der Waals surface area contributed by atoms with Gasteiger partial charge in [0, 0.05) is 13.1 Å². The van der Waals surface area contributed by atoms with Gasteiger partial charge in [-0.25, -0.2) is 0 Å². The van der Waals surface area contributed by atoms with Gasteiger partial charge >= 0.3 is 0 Å². The van der Waals surface area contributed by atoms with Gasteiger partial charge in [-0.05, 0) is 99.3 Å². The smallest absolute Gasteiger partial charge is 0.271 e. The van der Waals surface area contributed by atoms with Gasteiger partial charge in [0.25, 0.3) is 11.8 Å². The first kappa shape index (κ1) is 59.5. The van der Waals surface area contributed by atoms with Crippen LogP contribution in [0.4, 0.5) is 0 Å². The molecular weight excluding hydrogens is 973 g/mol. The Bertz CT molecular complexity index is 2340. The Hall–Kier alpha value is -7.38. The molecule has 2 aromatic carbocycles. The molecule has 412 valence electrons. The van der Waals surface area contributed by atoms with E-state index < -0.39 is 119 Å². The van der Waals surface area contributed by atoms with Crippen LogP contribution in [0, 0.1) is 23.7 Å². The lowest BCUT2D eigenvalue weighted by Crippen LogP contribution is -2.59. The molecule has 3 heterocycles. The van der Waals surface area contributed by atoms with Crippen LogP contribution in [0.2, 0.25) is 0 Å². The summed E-state index contributed by atoms with van der Waals surface area (Å²) in [5.41, 5.74) is 0.755. The molecule has 0 aromatic heterocycles.